The molecule has 0 saturated carbocycles. The number of allylic oxidation sites excluding steroid dienone is 1. The predicted molar refractivity (Wildman–Crippen MR) is 32.3 cm³/mol. The van der Waals surface area contributed by atoms with Gasteiger partial charge in [-0.2, -0.15) is 0 Å². The zero-order chi connectivity index (χ0) is 8.15. The number of rotatable bonds is 3. The summed E-state index contributed by atoms with van der Waals surface area (Å²) in [7, 11) is 1.33. The van der Waals surface area contributed by atoms with Crippen LogP contribution in [0.4, 0.5) is 4.39 Å². The summed E-state index contributed by atoms with van der Waals surface area (Å²) in [6.07, 6.45) is 0. The van der Waals surface area contributed by atoms with Crippen molar-refractivity contribution in [3.8, 4) is 0 Å². The number of aliphatic hydroxyl groups excluding tert-OH is 1. The van der Waals surface area contributed by atoms with E-state index in [1.165, 1.54) is 7.05 Å². The smallest absolute Gasteiger partial charge is 0.372 e. The molecule has 0 aromatic heterocycles. The minimum absolute atomic E-state index is 0.326. The molecule has 0 aliphatic rings. The van der Waals surface area contributed by atoms with Gasteiger partial charge in [0, 0.05) is 7.05 Å². The van der Waals surface area contributed by atoms with Crippen LogP contribution in [0.25, 0.3) is 0 Å². The number of carbonyl (C=O) groups is 1. The largest absolute Gasteiger partial charge is 0.501 e. The number of halogens is 1. The lowest BCUT2D eigenvalue weighted by Gasteiger charge is -2.01. The van der Waals surface area contributed by atoms with E-state index in [-0.39, 0.29) is 5.70 Å². The van der Waals surface area contributed by atoms with E-state index in [9.17, 15) is 9.18 Å². The average molecular weight is 149 g/mol. The fraction of sp³-hybridized carbons (Fsp3) is 0.400. The Morgan fingerprint density at radius 2 is 2.10 bits per heavy atom. The molecule has 0 radical (unpaired) electrons. The minimum atomic E-state index is -1.54. The van der Waals surface area contributed by atoms with Crippen molar-refractivity contribution >= 4 is 5.97 Å². The first-order valence-electron chi connectivity index (χ1n) is 2.52. The molecule has 4 nitrogen and oxygen atoms in total. The van der Waals surface area contributed by atoms with Gasteiger partial charge >= 0.3 is 5.97 Å². The number of nitrogens with one attached hydrogen (secondary N) is 1. The summed E-state index contributed by atoms with van der Waals surface area (Å²) in [6.45, 7) is -1.02. The first-order valence-corrected chi connectivity index (χ1v) is 2.52. The van der Waals surface area contributed by atoms with E-state index in [2.05, 4.69) is 5.32 Å². The van der Waals surface area contributed by atoms with E-state index >= 15 is 0 Å². The third-order valence-electron chi connectivity index (χ3n) is 0.924. The fourth-order valence-electron chi connectivity index (χ4n) is 0.378. The minimum Gasteiger partial charge on any atom is -0.501 e. The molecular weight excluding hydrogens is 141 g/mol. The van der Waals surface area contributed by atoms with Crippen LogP contribution in [0.1, 0.15) is 0 Å². The quantitative estimate of drug-likeness (QED) is 0.391. The van der Waals surface area contributed by atoms with E-state index in [1.807, 2.05) is 0 Å². The average Bonchev–Trinajstić information content (AvgIpc) is 1.90. The Hall–Kier alpha value is -1.26. The first kappa shape index (κ1) is 8.74. The highest BCUT2D eigenvalue weighted by Crippen LogP contribution is 1.97. The number of aliphatic hydroxyl groups is 1. The molecule has 5 heteroatoms. The zero-order valence-electron chi connectivity index (χ0n) is 5.39. The molecule has 0 bridgehead atoms. The van der Waals surface area contributed by atoms with E-state index in [4.69, 9.17) is 10.2 Å². The molecule has 10 heavy (non-hydrogen) atoms. The summed E-state index contributed by atoms with van der Waals surface area (Å²) in [5, 5.41) is 18.9. The molecule has 0 saturated heterocycles. The van der Waals surface area contributed by atoms with Crippen molar-refractivity contribution in [2.24, 2.45) is 0 Å². The second-order valence-corrected chi connectivity index (χ2v) is 1.52. The summed E-state index contributed by atoms with van der Waals surface area (Å²) >= 11 is 0. The standard InChI is InChI=1S/C5H8FNO3/c1-7-3(2-6)4(8)5(9)10/h7-8H,2H2,1H3,(H,9,10)/b4-3-. The number of hydrogen-bond donors (Lipinski definition) is 3. The van der Waals surface area contributed by atoms with E-state index < -0.39 is 18.4 Å². The molecule has 0 atom stereocenters. The second kappa shape index (κ2) is 3.71. The Balaban J connectivity index is 4.43. The van der Waals surface area contributed by atoms with E-state index in [1.54, 1.807) is 0 Å². The van der Waals surface area contributed by atoms with Crippen molar-refractivity contribution in [2.45, 2.75) is 0 Å². The van der Waals surface area contributed by atoms with Gasteiger partial charge in [0.15, 0.2) is 0 Å². The van der Waals surface area contributed by atoms with Crippen molar-refractivity contribution in [3.05, 3.63) is 11.5 Å². The molecule has 0 rings (SSSR count). The molecular formula is C5H8FNO3. The lowest BCUT2D eigenvalue weighted by atomic mass is 10.4. The molecule has 0 fully saturated rings. The Morgan fingerprint density at radius 1 is 1.60 bits per heavy atom. The van der Waals surface area contributed by atoms with Gasteiger partial charge in [0.05, 0.1) is 5.70 Å². The Bertz CT molecular complexity index is 160. The Labute approximate surface area is 57.0 Å². The van der Waals surface area contributed by atoms with Crippen molar-refractivity contribution in [1.82, 2.24) is 5.32 Å². The molecule has 0 unspecified atom stereocenters. The fourth-order valence-corrected chi connectivity index (χ4v) is 0.378. The lowest BCUT2D eigenvalue weighted by Crippen LogP contribution is -2.15. The van der Waals surface area contributed by atoms with Crippen molar-refractivity contribution in [3.63, 3.8) is 0 Å². The van der Waals surface area contributed by atoms with E-state index in [0.717, 1.165) is 0 Å². The second-order valence-electron chi connectivity index (χ2n) is 1.52. The third-order valence-corrected chi connectivity index (χ3v) is 0.924. The van der Waals surface area contributed by atoms with Gasteiger partial charge in [0.2, 0.25) is 5.76 Å². The summed E-state index contributed by atoms with van der Waals surface area (Å²) in [4.78, 5) is 9.94. The van der Waals surface area contributed by atoms with Crippen LogP contribution >= 0.6 is 0 Å². The molecule has 3 N–H and O–H groups in total. The molecule has 0 aromatic carbocycles. The molecule has 0 spiro atoms. The summed E-state index contributed by atoms with van der Waals surface area (Å²) in [5.41, 5.74) is -0.326. The number of aliphatic carboxylic acids is 1. The highest BCUT2D eigenvalue weighted by Gasteiger charge is 2.10. The van der Waals surface area contributed by atoms with Gasteiger partial charge in [-0.1, -0.05) is 0 Å². The molecule has 0 aliphatic carbocycles. The molecule has 0 aromatic rings. The van der Waals surface area contributed by atoms with Crippen LogP contribution in [-0.2, 0) is 4.79 Å². The van der Waals surface area contributed by atoms with Crippen LogP contribution in [0, 0.1) is 0 Å². The highest BCUT2D eigenvalue weighted by atomic mass is 19.1. The van der Waals surface area contributed by atoms with Gasteiger partial charge in [0.25, 0.3) is 0 Å². The van der Waals surface area contributed by atoms with Crippen LogP contribution in [-0.4, -0.2) is 29.9 Å². The Kier molecular flexibility index (Phi) is 3.24. The monoisotopic (exact) mass is 149 g/mol. The molecule has 0 amide bonds. The first-order chi connectivity index (χ1) is 4.63. The van der Waals surface area contributed by atoms with Crippen LogP contribution in [0.3, 0.4) is 0 Å². The zero-order valence-corrected chi connectivity index (χ0v) is 5.39. The van der Waals surface area contributed by atoms with Gasteiger partial charge in [-0.25, -0.2) is 9.18 Å². The summed E-state index contributed by atoms with van der Waals surface area (Å²) in [6, 6.07) is 0. The third kappa shape index (κ3) is 1.93. The van der Waals surface area contributed by atoms with Gasteiger partial charge < -0.3 is 15.5 Å². The maximum atomic E-state index is 11.7. The maximum absolute atomic E-state index is 11.7. The number of carboxylic acids is 1. The molecule has 0 heterocycles. The lowest BCUT2D eigenvalue weighted by molar-refractivity contribution is -0.135. The normalized spacial score (nSPS) is 12.2. The predicted octanol–water partition coefficient (Wildman–Crippen LogP) is 0.0295. The SMILES string of the molecule is CN/C(CF)=C(\O)C(=O)O. The molecule has 58 valence electrons. The summed E-state index contributed by atoms with van der Waals surface area (Å²) in [5.74, 6) is -2.52. The van der Waals surface area contributed by atoms with Crippen LogP contribution in [0.2, 0.25) is 0 Å². The van der Waals surface area contributed by atoms with Gasteiger partial charge in [0.1, 0.15) is 6.67 Å². The van der Waals surface area contributed by atoms with Gasteiger partial charge in [-0.15, -0.1) is 0 Å². The molecule has 0 aliphatic heterocycles. The topological polar surface area (TPSA) is 69.6 Å². The Morgan fingerprint density at radius 3 is 2.20 bits per heavy atom. The van der Waals surface area contributed by atoms with Gasteiger partial charge in [-0.3, -0.25) is 0 Å². The number of alkyl halides is 1. The van der Waals surface area contributed by atoms with Gasteiger partial charge in [-0.05, 0) is 0 Å². The van der Waals surface area contributed by atoms with Crippen LogP contribution in [0.15, 0.2) is 11.5 Å². The van der Waals surface area contributed by atoms with Crippen LogP contribution in [0.5, 0.6) is 0 Å². The van der Waals surface area contributed by atoms with Crippen LogP contribution < -0.4 is 5.32 Å². The highest BCUT2D eigenvalue weighted by molar-refractivity contribution is 5.84. The number of carboxylic acid groups (broad SMARTS) is 1. The van der Waals surface area contributed by atoms with E-state index in [0.29, 0.717) is 0 Å². The summed E-state index contributed by atoms with van der Waals surface area (Å²) < 4.78 is 11.7. The maximum Gasteiger partial charge on any atom is 0.372 e. The van der Waals surface area contributed by atoms with Crippen molar-refractivity contribution in [1.29, 1.82) is 0 Å². The van der Waals surface area contributed by atoms with Crippen molar-refractivity contribution < 1.29 is 19.4 Å². The van der Waals surface area contributed by atoms with Crippen molar-refractivity contribution in [2.75, 3.05) is 13.7 Å². The number of hydrogen-bond acceptors (Lipinski definition) is 3.